The van der Waals surface area contributed by atoms with E-state index in [1.165, 1.54) is 6.92 Å². The van der Waals surface area contributed by atoms with Crippen molar-refractivity contribution < 1.29 is 15.0 Å². The van der Waals surface area contributed by atoms with E-state index in [2.05, 4.69) is 5.32 Å². The number of benzene rings is 1. The molecule has 0 radical (unpaired) electrons. The number of nitrogens with one attached hydrogen (secondary N) is 1. The first kappa shape index (κ1) is 22.6. The van der Waals surface area contributed by atoms with Gasteiger partial charge in [0.15, 0.2) is 0 Å². The third-order valence-electron chi connectivity index (χ3n) is 4.84. The summed E-state index contributed by atoms with van der Waals surface area (Å²) in [4.78, 5) is 27.8. The van der Waals surface area contributed by atoms with Crippen molar-refractivity contribution >= 4 is 29.4 Å². The van der Waals surface area contributed by atoms with Gasteiger partial charge in [0.05, 0.1) is 17.1 Å². The number of aliphatic hydroxyl groups excluding tert-OH is 1. The van der Waals surface area contributed by atoms with Crippen LogP contribution in [0.2, 0.25) is 0 Å². The topological polar surface area (TPSA) is 109 Å². The van der Waals surface area contributed by atoms with Crippen LogP contribution in [0.1, 0.15) is 18.1 Å². The number of imidazole rings is 1. The molecule has 0 amide bonds. The number of nitrogens with zero attached hydrogens (tertiary/aromatic N) is 3. The molecule has 2 aromatic heterocycles. The first-order chi connectivity index (χ1) is 13.2. The first-order valence-electron chi connectivity index (χ1n) is 8.96. The van der Waals surface area contributed by atoms with Crippen molar-refractivity contribution in [2.45, 2.75) is 32.5 Å². The smallest absolute Gasteiger partial charge is 0.323 e. The Labute approximate surface area is 174 Å². The molecule has 0 fully saturated rings. The monoisotopic (exact) mass is 420 g/mol. The first-order valence-corrected chi connectivity index (χ1v) is 8.96. The molecule has 0 unspecified atom stereocenters. The zero-order valence-electron chi connectivity index (χ0n) is 16.7. The molecule has 29 heavy (non-hydrogen) atoms. The number of carbonyl (C=O) groups is 1. The van der Waals surface area contributed by atoms with Crippen molar-refractivity contribution in [3.8, 4) is 11.4 Å². The number of carboxylic acid groups (broad SMARTS) is 1. The van der Waals surface area contributed by atoms with E-state index in [0.717, 1.165) is 28.0 Å². The second kappa shape index (κ2) is 8.77. The maximum atomic E-state index is 11.9. The van der Waals surface area contributed by atoms with Crippen LogP contribution in [0.25, 0.3) is 22.4 Å². The van der Waals surface area contributed by atoms with E-state index in [4.69, 9.17) is 10.1 Å². The van der Waals surface area contributed by atoms with E-state index in [1.807, 2.05) is 35.9 Å². The fraction of sp³-hybridized carbons (Fsp3) is 0.350. The molecular weight excluding hydrogens is 396 g/mol. The Bertz CT molecular complexity index is 1080. The van der Waals surface area contributed by atoms with Crippen molar-refractivity contribution in [3.63, 3.8) is 0 Å². The molecule has 3 aromatic rings. The number of aliphatic carboxylic acids is 1. The number of aromatic nitrogens is 3. The van der Waals surface area contributed by atoms with Gasteiger partial charge in [-0.05, 0) is 37.6 Å². The number of pyridine rings is 1. The lowest BCUT2D eigenvalue weighted by Crippen LogP contribution is -2.44. The predicted molar refractivity (Wildman–Crippen MR) is 113 cm³/mol. The summed E-state index contributed by atoms with van der Waals surface area (Å²) in [5, 5.41) is 21.6. The molecule has 2 heterocycles. The molecule has 3 rings (SSSR count). The minimum atomic E-state index is -1.10. The normalized spacial score (nSPS) is 13.1. The van der Waals surface area contributed by atoms with E-state index < -0.39 is 18.1 Å². The Morgan fingerprint density at radius 1 is 1.28 bits per heavy atom. The van der Waals surface area contributed by atoms with E-state index in [9.17, 15) is 14.7 Å². The van der Waals surface area contributed by atoms with Gasteiger partial charge in [0.1, 0.15) is 11.9 Å². The molecule has 3 N–H and O–H groups in total. The summed E-state index contributed by atoms with van der Waals surface area (Å²) in [6, 6.07) is 6.50. The summed E-state index contributed by atoms with van der Waals surface area (Å²) in [7, 11) is 3.63. The lowest BCUT2D eigenvalue weighted by atomic mass is 10.1. The van der Waals surface area contributed by atoms with Gasteiger partial charge in [-0.1, -0.05) is 6.07 Å². The van der Waals surface area contributed by atoms with Gasteiger partial charge >= 0.3 is 5.97 Å². The molecule has 1 aromatic carbocycles. The van der Waals surface area contributed by atoms with Crippen LogP contribution in [0.4, 0.5) is 0 Å². The van der Waals surface area contributed by atoms with Gasteiger partial charge in [-0.25, -0.2) is 4.98 Å². The van der Waals surface area contributed by atoms with Crippen molar-refractivity contribution in [1.29, 1.82) is 0 Å². The maximum absolute atomic E-state index is 11.9. The number of hydrogen-bond donors (Lipinski definition) is 3. The van der Waals surface area contributed by atoms with Crippen LogP contribution in [0.15, 0.2) is 35.3 Å². The van der Waals surface area contributed by atoms with Crippen LogP contribution >= 0.6 is 12.4 Å². The molecule has 156 valence electrons. The fourth-order valence-electron chi connectivity index (χ4n) is 3.31. The van der Waals surface area contributed by atoms with Crippen LogP contribution in [-0.4, -0.2) is 42.4 Å². The molecule has 0 saturated carbocycles. The average Bonchev–Trinajstić information content (AvgIpc) is 2.95. The third-order valence-corrected chi connectivity index (χ3v) is 4.84. The standard InChI is InChI=1S/C20H24N4O4.ClH/c1-11-7-14(10-23(3)19(11)26)18-22-15-8-13(5-6-16(15)24(18)4)9-21-17(12(2)25)20(27)28;/h5-8,10,12,17,21,25H,9H2,1-4H3,(H,27,28);1H/t12-,17+;/m1./s1. The van der Waals surface area contributed by atoms with Gasteiger partial charge in [-0.3, -0.25) is 14.9 Å². The number of aliphatic hydroxyl groups is 1. The van der Waals surface area contributed by atoms with Crippen molar-refractivity contribution in [1.82, 2.24) is 19.4 Å². The number of hydrogen-bond acceptors (Lipinski definition) is 5. The lowest BCUT2D eigenvalue weighted by molar-refractivity contribution is -0.142. The molecule has 2 atom stereocenters. The predicted octanol–water partition coefficient (Wildman–Crippen LogP) is 1.59. The summed E-state index contributed by atoms with van der Waals surface area (Å²) in [6.07, 6.45) is 0.759. The maximum Gasteiger partial charge on any atom is 0.323 e. The van der Waals surface area contributed by atoms with Crippen LogP contribution in [-0.2, 0) is 25.4 Å². The molecule has 8 nitrogen and oxygen atoms in total. The molecular formula is C20H25ClN4O4. The summed E-state index contributed by atoms with van der Waals surface area (Å²) >= 11 is 0. The number of fused-ring (bicyclic) bond motifs is 1. The second-order valence-electron chi connectivity index (χ2n) is 7.08. The Morgan fingerprint density at radius 3 is 2.55 bits per heavy atom. The molecule has 0 bridgehead atoms. The van der Waals surface area contributed by atoms with Crippen molar-refractivity contribution in [2.75, 3.05) is 0 Å². The third kappa shape index (κ3) is 4.50. The average molecular weight is 421 g/mol. The summed E-state index contributed by atoms with van der Waals surface area (Å²) in [5.41, 5.74) is 4.01. The van der Waals surface area contributed by atoms with E-state index in [1.54, 1.807) is 24.7 Å². The van der Waals surface area contributed by atoms with Gasteiger partial charge in [0, 0.05) is 38.0 Å². The minimum Gasteiger partial charge on any atom is -0.480 e. The second-order valence-corrected chi connectivity index (χ2v) is 7.08. The molecule has 0 aliphatic heterocycles. The van der Waals surface area contributed by atoms with Gasteiger partial charge in [0.25, 0.3) is 5.56 Å². The highest BCUT2D eigenvalue weighted by Gasteiger charge is 2.22. The summed E-state index contributed by atoms with van der Waals surface area (Å²) < 4.78 is 3.50. The zero-order chi connectivity index (χ0) is 20.6. The number of halogens is 1. The van der Waals surface area contributed by atoms with Gasteiger partial charge in [-0.15, -0.1) is 12.4 Å². The summed E-state index contributed by atoms with van der Waals surface area (Å²) in [5.74, 6) is -0.354. The van der Waals surface area contributed by atoms with Crippen LogP contribution in [0, 0.1) is 6.92 Å². The highest BCUT2D eigenvalue weighted by molar-refractivity contribution is 5.85. The fourth-order valence-corrected chi connectivity index (χ4v) is 3.31. The van der Waals surface area contributed by atoms with Crippen LogP contribution < -0.4 is 10.9 Å². The van der Waals surface area contributed by atoms with Crippen LogP contribution in [0.3, 0.4) is 0 Å². The van der Waals surface area contributed by atoms with Gasteiger partial charge < -0.3 is 19.3 Å². The Morgan fingerprint density at radius 2 is 1.97 bits per heavy atom. The number of rotatable bonds is 6. The molecule has 0 aliphatic carbocycles. The highest BCUT2D eigenvalue weighted by Crippen LogP contribution is 2.24. The molecule has 9 heteroatoms. The Kier molecular flexibility index (Phi) is 6.84. The Hall–Kier alpha value is -2.68. The number of carboxylic acids is 1. The molecule has 0 saturated heterocycles. The van der Waals surface area contributed by atoms with Gasteiger partial charge in [-0.2, -0.15) is 0 Å². The van der Waals surface area contributed by atoms with Crippen LogP contribution in [0.5, 0.6) is 0 Å². The SMILES string of the molecule is Cc1cc(-c2nc3cc(CN[C@H](C(=O)O)[C@@H](C)O)ccc3n2C)cn(C)c1=O.Cl. The van der Waals surface area contributed by atoms with E-state index >= 15 is 0 Å². The minimum absolute atomic E-state index is 0. The van der Waals surface area contributed by atoms with Crippen molar-refractivity contribution in [3.05, 3.63) is 51.9 Å². The highest BCUT2D eigenvalue weighted by atomic mass is 35.5. The number of aryl methyl sites for hydroxylation is 3. The largest absolute Gasteiger partial charge is 0.480 e. The van der Waals surface area contributed by atoms with Crippen molar-refractivity contribution in [2.24, 2.45) is 14.1 Å². The molecule has 0 spiro atoms. The summed E-state index contributed by atoms with van der Waals surface area (Å²) in [6.45, 7) is 3.51. The molecule has 0 aliphatic rings. The zero-order valence-corrected chi connectivity index (χ0v) is 17.5. The quantitative estimate of drug-likeness (QED) is 0.558. The van der Waals surface area contributed by atoms with E-state index in [0.29, 0.717) is 12.1 Å². The Balaban J connectivity index is 0.00000300. The van der Waals surface area contributed by atoms with Gasteiger partial charge in [0.2, 0.25) is 0 Å². The van der Waals surface area contributed by atoms with E-state index in [-0.39, 0.29) is 18.0 Å². The lowest BCUT2D eigenvalue weighted by Gasteiger charge is -2.17.